The van der Waals surface area contributed by atoms with Crippen molar-refractivity contribution in [2.75, 3.05) is 31.5 Å². The minimum Gasteiger partial charge on any atom is -0.497 e. The molecule has 3 heterocycles. The van der Waals surface area contributed by atoms with Crippen LogP contribution in [0.25, 0.3) is 6.08 Å². The standard InChI is InChI=1S/C36H30N2O6/c1-42-24-16-12-22(13-17-24)34(40)32-31(33(39)23-14-18-28(43-2)29(20-23)44-3)36(25-9-5-6-10-26(25)37-35(36)41)30-19-15-21-8-4-7-11-27(21)38(30)32/h4-20,30-32H,1-3H3,(H,37,41)/t30-,31-,32-,36-/m1/s1. The SMILES string of the molecule is COc1ccc(C(=O)[C@H]2[C@H](C(=O)c3ccc(OC)c(OC)c3)[C@]3(C(=O)Nc4ccccc43)[C@H]3C=Cc4ccccc4N23)cc1. The van der Waals surface area contributed by atoms with Crippen LogP contribution in [0, 0.1) is 5.92 Å². The first-order valence-corrected chi connectivity index (χ1v) is 14.3. The fourth-order valence-corrected chi connectivity index (χ4v) is 7.21. The number of fused-ring (bicyclic) bond motifs is 6. The van der Waals surface area contributed by atoms with Crippen LogP contribution in [-0.4, -0.2) is 50.9 Å². The smallest absolute Gasteiger partial charge is 0.238 e. The van der Waals surface area contributed by atoms with E-state index in [0.717, 1.165) is 11.3 Å². The van der Waals surface area contributed by atoms with Gasteiger partial charge in [-0.2, -0.15) is 0 Å². The van der Waals surface area contributed by atoms with Crippen molar-refractivity contribution in [1.82, 2.24) is 0 Å². The highest BCUT2D eigenvalue weighted by atomic mass is 16.5. The Hall–Kier alpha value is -5.37. The van der Waals surface area contributed by atoms with Crippen molar-refractivity contribution in [1.29, 1.82) is 0 Å². The summed E-state index contributed by atoms with van der Waals surface area (Å²) in [6, 6.07) is 25.3. The van der Waals surface area contributed by atoms with Crippen LogP contribution >= 0.6 is 0 Å². The lowest BCUT2D eigenvalue weighted by Crippen LogP contribution is -2.51. The molecule has 1 amide bonds. The van der Waals surface area contributed by atoms with Crippen molar-refractivity contribution in [2.45, 2.75) is 17.5 Å². The Labute approximate surface area is 254 Å². The predicted octanol–water partition coefficient (Wildman–Crippen LogP) is 5.57. The summed E-state index contributed by atoms with van der Waals surface area (Å²) < 4.78 is 16.3. The molecule has 0 bridgehead atoms. The van der Waals surface area contributed by atoms with Gasteiger partial charge < -0.3 is 24.4 Å². The van der Waals surface area contributed by atoms with Crippen LogP contribution in [0.15, 0.2) is 97.1 Å². The van der Waals surface area contributed by atoms with Crippen LogP contribution in [0.4, 0.5) is 11.4 Å². The minimum atomic E-state index is -1.41. The molecule has 1 spiro atoms. The number of methoxy groups -OCH3 is 3. The highest BCUT2D eigenvalue weighted by molar-refractivity contribution is 6.18. The third kappa shape index (κ3) is 3.80. The number of hydrogen-bond donors (Lipinski definition) is 1. The zero-order valence-electron chi connectivity index (χ0n) is 24.4. The molecule has 8 nitrogen and oxygen atoms in total. The molecule has 1 saturated heterocycles. The van der Waals surface area contributed by atoms with E-state index >= 15 is 4.79 Å². The molecule has 4 aromatic rings. The van der Waals surface area contributed by atoms with Gasteiger partial charge in [-0.1, -0.05) is 48.6 Å². The third-order valence-electron chi connectivity index (χ3n) is 9.14. The number of benzene rings is 4. The number of nitrogens with zero attached hydrogens (tertiary/aromatic N) is 1. The molecule has 0 radical (unpaired) electrons. The van der Waals surface area contributed by atoms with E-state index in [1.807, 2.05) is 65.6 Å². The zero-order valence-corrected chi connectivity index (χ0v) is 24.4. The number of para-hydroxylation sites is 2. The number of nitrogens with one attached hydrogen (secondary N) is 1. The predicted molar refractivity (Wildman–Crippen MR) is 167 cm³/mol. The molecule has 8 heteroatoms. The first-order valence-electron chi connectivity index (χ1n) is 14.3. The highest BCUT2D eigenvalue weighted by Crippen LogP contribution is 2.58. The molecule has 3 aliphatic rings. The normalized spacial score (nSPS) is 22.6. The van der Waals surface area contributed by atoms with Crippen LogP contribution in [-0.2, 0) is 10.2 Å². The summed E-state index contributed by atoms with van der Waals surface area (Å²) in [5.41, 5.74) is 2.32. The maximum absolute atomic E-state index is 15.0. The van der Waals surface area contributed by atoms with Crippen LogP contribution in [0.1, 0.15) is 31.8 Å². The Bertz CT molecular complexity index is 1850. The fraction of sp³-hybridized carbons (Fsp3) is 0.194. The van der Waals surface area contributed by atoms with Crippen molar-refractivity contribution in [2.24, 2.45) is 5.92 Å². The van der Waals surface area contributed by atoms with Crippen molar-refractivity contribution < 1.29 is 28.6 Å². The number of carbonyl (C=O) groups is 3. The van der Waals surface area contributed by atoms with Crippen molar-refractivity contribution in [3.63, 3.8) is 0 Å². The van der Waals surface area contributed by atoms with Gasteiger partial charge in [-0.3, -0.25) is 14.4 Å². The van der Waals surface area contributed by atoms with Gasteiger partial charge in [0.25, 0.3) is 0 Å². The van der Waals surface area contributed by atoms with E-state index in [4.69, 9.17) is 14.2 Å². The molecule has 7 rings (SSSR count). The number of ether oxygens (including phenoxy) is 3. The van der Waals surface area contributed by atoms with Gasteiger partial charge in [0.1, 0.15) is 17.2 Å². The van der Waals surface area contributed by atoms with Gasteiger partial charge >= 0.3 is 0 Å². The number of anilines is 2. The van der Waals surface area contributed by atoms with E-state index in [1.54, 1.807) is 49.6 Å². The molecule has 44 heavy (non-hydrogen) atoms. The van der Waals surface area contributed by atoms with E-state index in [-0.39, 0.29) is 17.5 Å². The van der Waals surface area contributed by atoms with E-state index in [1.165, 1.54) is 14.2 Å². The lowest BCUT2D eigenvalue weighted by atomic mass is 9.64. The first kappa shape index (κ1) is 27.5. The van der Waals surface area contributed by atoms with Gasteiger partial charge in [0.15, 0.2) is 23.1 Å². The average molecular weight is 587 g/mol. The van der Waals surface area contributed by atoms with E-state index in [9.17, 15) is 9.59 Å². The van der Waals surface area contributed by atoms with Crippen LogP contribution in [0.2, 0.25) is 0 Å². The summed E-state index contributed by atoms with van der Waals surface area (Å²) in [5, 5.41) is 3.05. The lowest BCUT2D eigenvalue weighted by Gasteiger charge is -2.37. The van der Waals surface area contributed by atoms with Gasteiger partial charge in [-0.15, -0.1) is 0 Å². The van der Waals surface area contributed by atoms with Crippen LogP contribution in [0.3, 0.4) is 0 Å². The second kappa shape index (κ2) is 10.4. The zero-order chi connectivity index (χ0) is 30.6. The van der Waals surface area contributed by atoms with Crippen molar-refractivity contribution in [3.05, 3.63) is 119 Å². The highest BCUT2D eigenvalue weighted by Gasteiger charge is 2.70. The number of Topliss-reactive ketones (excluding diaryl/α,β-unsaturated/α-hetero) is 2. The largest absolute Gasteiger partial charge is 0.497 e. The molecule has 0 saturated carbocycles. The number of hydrogen-bond acceptors (Lipinski definition) is 7. The fourth-order valence-electron chi connectivity index (χ4n) is 7.21. The van der Waals surface area contributed by atoms with Gasteiger partial charge in [-0.25, -0.2) is 0 Å². The summed E-state index contributed by atoms with van der Waals surface area (Å²) in [7, 11) is 4.59. The Morgan fingerprint density at radius 3 is 2.23 bits per heavy atom. The molecule has 4 atom stereocenters. The molecule has 1 N–H and O–H groups in total. The topological polar surface area (TPSA) is 94.2 Å². The Balaban J connectivity index is 1.51. The lowest BCUT2D eigenvalue weighted by molar-refractivity contribution is -0.121. The van der Waals surface area contributed by atoms with Gasteiger partial charge in [0.05, 0.1) is 33.3 Å². The molecule has 0 unspecified atom stereocenters. The first-order chi connectivity index (χ1) is 21.4. The maximum Gasteiger partial charge on any atom is 0.238 e. The number of carbonyl (C=O) groups excluding carboxylic acids is 3. The summed E-state index contributed by atoms with van der Waals surface area (Å²) in [6.45, 7) is 0. The van der Waals surface area contributed by atoms with Crippen LogP contribution in [0.5, 0.6) is 17.2 Å². The summed E-state index contributed by atoms with van der Waals surface area (Å²) in [4.78, 5) is 46.3. The molecular weight excluding hydrogens is 556 g/mol. The average Bonchev–Trinajstić information content (AvgIpc) is 3.55. The van der Waals surface area contributed by atoms with E-state index in [2.05, 4.69) is 5.32 Å². The number of ketones is 2. The Morgan fingerprint density at radius 2 is 1.48 bits per heavy atom. The summed E-state index contributed by atoms with van der Waals surface area (Å²) in [5.74, 6) is -0.575. The minimum absolute atomic E-state index is 0.268. The molecular formula is C36H30N2O6. The molecule has 3 aliphatic heterocycles. The number of amides is 1. The van der Waals surface area contributed by atoms with Gasteiger partial charge in [0.2, 0.25) is 5.91 Å². The molecule has 0 aliphatic carbocycles. The molecule has 220 valence electrons. The van der Waals surface area contributed by atoms with Gasteiger partial charge in [0, 0.05) is 22.5 Å². The second-order valence-electron chi connectivity index (χ2n) is 11.1. The summed E-state index contributed by atoms with van der Waals surface area (Å²) >= 11 is 0. The van der Waals surface area contributed by atoms with Crippen molar-refractivity contribution >= 4 is 34.9 Å². The summed E-state index contributed by atoms with van der Waals surface area (Å²) in [6.07, 6.45) is 3.94. The maximum atomic E-state index is 15.0. The molecule has 1 fully saturated rings. The van der Waals surface area contributed by atoms with Crippen molar-refractivity contribution in [3.8, 4) is 17.2 Å². The third-order valence-corrected chi connectivity index (χ3v) is 9.14. The number of rotatable bonds is 7. The second-order valence-corrected chi connectivity index (χ2v) is 11.1. The van der Waals surface area contributed by atoms with E-state index in [0.29, 0.717) is 39.6 Å². The Kier molecular flexibility index (Phi) is 6.50. The monoisotopic (exact) mass is 586 g/mol. The quantitative estimate of drug-likeness (QED) is 0.283. The van der Waals surface area contributed by atoms with Crippen LogP contribution < -0.4 is 24.4 Å². The molecule has 0 aromatic heterocycles. The Morgan fingerprint density at radius 1 is 0.773 bits per heavy atom. The molecule has 4 aromatic carbocycles. The van der Waals surface area contributed by atoms with E-state index < -0.39 is 23.4 Å². The van der Waals surface area contributed by atoms with Gasteiger partial charge in [-0.05, 0) is 65.7 Å².